The Labute approximate surface area is 94.8 Å². The van der Waals surface area contributed by atoms with E-state index in [1.54, 1.807) is 11.8 Å². The zero-order valence-electron chi connectivity index (χ0n) is 9.07. The van der Waals surface area contributed by atoms with Crippen molar-refractivity contribution in [1.29, 1.82) is 0 Å². The Morgan fingerprint density at radius 2 is 2.47 bits per heavy atom. The minimum absolute atomic E-state index is 0.182. The molecule has 2 heterocycles. The monoisotopic (exact) mass is 230 g/mol. The standard InChI is InChI=1S/C10H18N2O2S/c1-8-4-11-10(15-7-8)12-5-9-6-13-2-3-14-9/h8-9H,2-7H2,1H3,(H,11,12). The van der Waals surface area contributed by atoms with E-state index in [1.165, 1.54) is 0 Å². The first-order valence-corrected chi connectivity index (χ1v) is 6.43. The molecule has 0 aliphatic carbocycles. The van der Waals surface area contributed by atoms with E-state index in [0.29, 0.717) is 19.1 Å². The van der Waals surface area contributed by atoms with Crippen LogP contribution in [0.3, 0.4) is 0 Å². The number of ether oxygens (including phenoxy) is 2. The van der Waals surface area contributed by atoms with Gasteiger partial charge in [0, 0.05) is 18.8 Å². The molecule has 15 heavy (non-hydrogen) atoms. The van der Waals surface area contributed by atoms with Crippen molar-refractivity contribution < 1.29 is 9.47 Å². The molecule has 2 aliphatic rings. The van der Waals surface area contributed by atoms with Gasteiger partial charge in [0.05, 0.1) is 25.9 Å². The molecule has 86 valence electrons. The van der Waals surface area contributed by atoms with Gasteiger partial charge in [-0.15, -0.1) is 0 Å². The lowest BCUT2D eigenvalue weighted by Crippen LogP contribution is -2.39. The highest BCUT2D eigenvalue weighted by Crippen LogP contribution is 2.15. The molecule has 0 spiro atoms. The molecule has 1 fully saturated rings. The molecule has 0 aromatic heterocycles. The Morgan fingerprint density at radius 1 is 1.53 bits per heavy atom. The third-order valence-electron chi connectivity index (χ3n) is 2.42. The van der Waals surface area contributed by atoms with Gasteiger partial charge >= 0.3 is 0 Å². The molecule has 0 aromatic carbocycles. The van der Waals surface area contributed by atoms with Gasteiger partial charge < -0.3 is 14.8 Å². The first-order chi connectivity index (χ1) is 7.34. The number of aliphatic imine (C=N–C) groups is 1. The van der Waals surface area contributed by atoms with Crippen LogP contribution in [-0.2, 0) is 9.47 Å². The Morgan fingerprint density at radius 3 is 3.13 bits per heavy atom. The van der Waals surface area contributed by atoms with Gasteiger partial charge in [-0.05, 0) is 5.92 Å². The zero-order chi connectivity index (χ0) is 10.5. The lowest BCUT2D eigenvalue weighted by atomic mass is 10.2. The van der Waals surface area contributed by atoms with Crippen LogP contribution in [0.1, 0.15) is 6.92 Å². The van der Waals surface area contributed by atoms with E-state index in [-0.39, 0.29) is 6.10 Å². The highest BCUT2D eigenvalue weighted by atomic mass is 32.2. The molecular formula is C10H18N2O2S. The Hall–Kier alpha value is -0.260. The highest BCUT2D eigenvalue weighted by Gasteiger charge is 2.16. The molecule has 2 aliphatic heterocycles. The van der Waals surface area contributed by atoms with Gasteiger partial charge in [-0.2, -0.15) is 0 Å². The minimum Gasteiger partial charge on any atom is -0.376 e. The average molecular weight is 230 g/mol. The molecule has 0 saturated carbocycles. The van der Waals surface area contributed by atoms with Crippen molar-refractivity contribution in [3.05, 3.63) is 0 Å². The summed E-state index contributed by atoms with van der Waals surface area (Å²) < 4.78 is 10.9. The highest BCUT2D eigenvalue weighted by molar-refractivity contribution is 8.13. The first kappa shape index (κ1) is 11.2. The summed E-state index contributed by atoms with van der Waals surface area (Å²) in [4.78, 5) is 4.47. The van der Waals surface area contributed by atoms with Gasteiger partial charge in [-0.1, -0.05) is 18.7 Å². The number of nitrogens with zero attached hydrogens (tertiary/aromatic N) is 1. The summed E-state index contributed by atoms with van der Waals surface area (Å²) in [5.41, 5.74) is 0. The molecule has 2 unspecified atom stereocenters. The van der Waals surface area contributed by atoms with Crippen molar-refractivity contribution >= 4 is 16.9 Å². The van der Waals surface area contributed by atoms with Gasteiger partial charge in [0.2, 0.25) is 0 Å². The largest absolute Gasteiger partial charge is 0.376 e. The second-order valence-electron chi connectivity index (χ2n) is 4.01. The van der Waals surface area contributed by atoms with Gasteiger partial charge in [0.15, 0.2) is 5.17 Å². The molecular weight excluding hydrogens is 212 g/mol. The lowest BCUT2D eigenvalue weighted by Gasteiger charge is -2.25. The fourth-order valence-electron chi connectivity index (χ4n) is 1.52. The smallest absolute Gasteiger partial charge is 0.156 e. The van der Waals surface area contributed by atoms with Crippen LogP contribution < -0.4 is 5.32 Å². The predicted octanol–water partition coefficient (Wildman–Crippen LogP) is 0.730. The zero-order valence-corrected chi connectivity index (χ0v) is 9.89. The third-order valence-corrected chi connectivity index (χ3v) is 3.70. The fourth-order valence-corrected chi connectivity index (χ4v) is 2.42. The molecule has 4 nitrogen and oxygen atoms in total. The molecule has 0 bridgehead atoms. The van der Waals surface area contributed by atoms with Crippen LogP contribution in [0.5, 0.6) is 0 Å². The van der Waals surface area contributed by atoms with Crippen molar-refractivity contribution in [1.82, 2.24) is 5.32 Å². The summed E-state index contributed by atoms with van der Waals surface area (Å²) in [6, 6.07) is 0. The molecule has 2 atom stereocenters. The predicted molar refractivity (Wildman–Crippen MR) is 62.5 cm³/mol. The summed E-state index contributed by atoms with van der Waals surface area (Å²) in [6.45, 7) is 6.11. The van der Waals surface area contributed by atoms with Crippen LogP contribution in [-0.4, -0.2) is 49.9 Å². The molecule has 0 aromatic rings. The Bertz CT molecular complexity index is 229. The number of thioether (sulfide) groups is 1. The summed E-state index contributed by atoms with van der Waals surface area (Å²) in [5, 5.41) is 4.38. The average Bonchev–Trinajstić information content (AvgIpc) is 2.30. The van der Waals surface area contributed by atoms with Crippen LogP contribution in [0.4, 0.5) is 0 Å². The molecule has 2 rings (SSSR count). The maximum atomic E-state index is 5.54. The Kier molecular flexibility index (Phi) is 4.29. The van der Waals surface area contributed by atoms with Crippen LogP contribution in [0.15, 0.2) is 4.99 Å². The summed E-state index contributed by atoms with van der Waals surface area (Å²) >= 11 is 1.80. The van der Waals surface area contributed by atoms with E-state index in [2.05, 4.69) is 17.2 Å². The molecule has 0 radical (unpaired) electrons. The van der Waals surface area contributed by atoms with E-state index >= 15 is 0 Å². The number of hydrogen-bond donors (Lipinski definition) is 1. The van der Waals surface area contributed by atoms with Crippen molar-refractivity contribution in [2.24, 2.45) is 10.9 Å². The van der Waals surface area contributed by atoms with E-state index < -0.39 is 0 Å². The second kappa shape index (κ2) is 5.72. The maximum Gasteiger partial charge on any atom is 0.156 e. The van der Waals surface area contributed by atoms with Crippen molar-refractivity contribution in [3.63, 3.8) is 0 Å². The van der Waals surface area contributed by atoms with E-state index in [4.69, 9.17) is 9.47 Å². The molecule has 5 heteroatoms. The summed E-state index contributed by atoms with van der Waals surface area (Å²) in [5.74, 6) is 1.86. The number of amidine groups is 1. The number of hydrogen-bond acceptors (Lipinski definition) is 5. The molecule has 1 N–H and O–H groups in total. The minimum atomic E-state index is 0.182. The van der Waals surface area contributed by atoms with Crippen LogP contribution in [0, 0.1) is 5.92 Å². The molecule has 1 saturated heterocycles. The van der Waals surface area contributed by atoms with Crippen LogP contribution in [0.25, 0.3) is 0 Å². The Balaban J connectivity index is 1.68. The van der Waals surface area contributed by atoms with Crippen molar-refractivity contribution in [2.75, 3.05) is 38.7 Å². The van der Waals surface area contributed by atoms with Gasteiger partial charge in [0.1, 0.15) is 0 Å². The number of rotatable bonds is 2. The van der Waals surface area contributed by atoms with Crippen LogP contribution >= 0.6 is 11.8 Å². The summed E-state index contributed by atoms with van der Waals surface area (Å²) in [7, 11) is 0. The normalized spacial score (nSPS) is 32.2. The van der Waals surface area contributed by atoms with E-state index in [1.807, 2.05) is 0 Å². The SMILES string of the molecule is CC1CN=C(NCC2COCCO2)SC1. The quantitative estimate of drug-likeness (QED) is 0.759. The summed E-state index contributed by atoms with van der Waals surface area (Å²) in [6.07, 6.45) is 0.182. The third kappa shape index (κ3) is 3.66. The number of nitrogens with one attached hydrogen (secondary N) is 1. The van der Waals surface area contributed by atoms with Crippen molar-refractivity contribution in [3.8, 4) is 0 Å². The van der Waals surface area contributed by atoms with Gasteiger partial charge in [-0.25, -0.2) is 0 Å². The lowest BCUT2D eigenvalue weighted by molar-refractivity contribution is -0.0849. The van der Waals surface area contributed by atoms with Gasteiger partial charge in [0.25, 0.3) is 0 Å². The van der Waals surface area contributed by atoms with Gasteiger partial charge in [-0.3, -0.25) is 4.99 Å². The van der Waals surface area contributed by atoms with E-state index in [9.17, 15) is 0 Å². The fraction of sp³-hybridized carbons (Fsp3) is 0.900. The van der Waals surface area contributed by atoms with E-state index in [0.717, 1.165) is 30.6 Å². The van der Waals surface area contributed by atoms with Crippen molar-refractivity contribution in [2.45, 2.75) is 13.0 Å². The molecule has 0 amide bonds. The maximum absolute atomic E-state index is 5.54. The second-order valence-corrected chi connectivity index (χ2v) is 5.02. The first-order valence-electron chi connectivity index (χ1n) is 5.45. The van der Waals surface area contributed by atoms with Crippen LogP contribution in [0.2, 0.25) is 0 Å². The topological polar surface area (TPSA) is 42.9 Å².